The Morgan fingerprint density at radius 3 is 2.46 bits per heavy atom. The van der Waals surface area contributed by atoms with Gasteiger partial charge in [-0.15, -0.1) is 0 Å². The van der Waals surface area contributed by atoms with E-state index < -0.39 is 10.0 Å². The fourth-order valence-corrected chi connectivity index (χ4v) is 5.05. The van der Waals surface area contributed by atoms with Crippen LogP contribution < -0.4 is 14.8 Å². The minimum atomic E-state index is -3.90. The topological polar surface area (TPSA) is 105 Å². The average molecular weight is 415 g/mol. The summed E-state index contributed by atoms with van der Waals surface area (Å²) < 4.78 is 38.5. The minimum absolute atomic E-state index is 0.0312. The van der Waals surface area contributed by atoms with E-state index in [1.54, 1.807) is 6.07 Å². The number of hydrogen-bond donors (Lipinski definition) is 2. The van der Waals surface area contributed by atoms with Gasteiger partial charge in [-0.05, 0) is 31.4 Å². The Morgan fingerprint density at radius 1 is 1.18 bits per heavy atom. The number of nitrogens with one attached hydrogen (secondary N) is 1. The van der Waals surface area contributed by atoms with Crippen LogP contribution in [0.25, 0.3) is 0 Å². The highest BCUT2D eigenvalue weighted by atomic mass is 32.2. The fraction of sp³-hybridized carbons (Fsp3) is 0.632. The van der Waals surface area contributed by atoms with Gasteiger partial charge in [0, 0.05) is 25.3 Å². The largest absolute Gasteiger partial charge is 0.493 e. The van der Waals surface area contributed by atoms with Crippen LogP contribution in [0.3, 0.4) is 0 Å². The molecule has 1 amide bonds. The van der Waals surface area contributed by atoms with E-state index in [-0.39, 0.29) is 30.0 Å². The summed E-state index contributed by atoms with van der Waals surface area (Å²) in [5.74, 6) is 0.384. The van der Waals surface area contributed by atoms with Crippen molar-refractivity contribution in [1.82, 2.24) is 9.62 Å². The molecule has 1 aromatic rings. The third-order valence-electron chi connectivity index (χ3n) is 4.90. The fourth-order valence-electron chi connectivity index (χ4n) is 3.40. The molecule has 8 nitrogen and oxygen atoms in total. The molecule has 0 heterocycles. The number of sulfonamides is 1. The van der Waals surface area contributed by atoms with Crippen LogP contribution in [0.5, 0.6) is 11.5 Å². The lowest BCUT2D eigenvalue weighted by molar-refractivity contribution is -0.121. The number of rotatable bonds is 10. The number of hydrogen-bond acceptors (Lipinski definition) is 6. The molecule has 1 aliphatic carbocycles. The van der Waals surface area contributed by atoms with Crippen molar-refractivity contribution in [1.29, 1.82) is 0 Å². The van der Waals surface area contributed by atoms with Crippen LogP contribution in [0.1, 0.15) is 38.5 Å². The zero-order valence-corrected chi connectivity index (χ0v) is 17.3. The van der Waals surface area contributed by atoms with Gasteiger partial charge in [-0.2, -0.15) is 4.31 Å². The molecule has 0 aromatic heterocycles. The molecule has 0 aliphatic heterocycles. The van der Waals surface area contributed by atoms with Crippen LogP contribution >= 0.6 is 0 Å². The highest BCUT2D eigenvalue weighted by Gasteiger charge is 2.34. The van der Waals surface area contributed by atoms with Gasteiger partial charge in [-0.3, -0.25) is 4.79 Å². The normalized spacial score (nSPS) is 15.4. The summed E-state index contributed by atoms with van der Waals surface area (Å²) in [7, 11) is -0.967. The summed E-state index contributed by atoms with van der Waals surface area (Å²) in [6.07, 6.45) is 4.84. The van der Waals surface area contributed by atoms with E-state index in [4.69, 9.17) is 14.6 Å². The lowest BCUT2D eigenvalue weighted by Gasteiger charge is -2.33. The van der Waals surface area contributed by atoms with Gasteiger partial charge in [-0.1, -0.05) is 19.3 Å². The van der Waals surface area contributed by atoms with Gasteiger partial charge in [-0.25, -0.2) is 8.42 Å². The highest BCUT2D eigenvalue weighted by Crippen LogP contribution is 2.33. The number of ether oxygens (including phenoxy) is 2. The second kappa shape index (κ2) is 10.6. The first kappa shape index (κ1) is 22.4. The van der Waals surface area contributed by atoms with Gasteiger partial charge in [0.15, 0.2) is 11.5 Å². The summed E-state index contributed by atoms with van der Waals surface area (Å²) in [4.78, 5) is 12.4. The minimum Gasteiger partial charge on any atom is -0.493 e. The van der Waals surface area contributed by atoms with Crippen molar-refractivity contribution in [2.45, 2.75) is 49.5 Å². The zero-order chi connectivity index (χ0) is 20.6. The smallest absolute Gasteiger partial charge is 0.243 e. The van der Waals surface area contributed by atoms with Crippen molar-refractivity contribution >= 4 is 15.9 Å². The number of aliphatic hydroxyl groups is 1. The van der Waals surface area contributed by atoms with Crippen molar-refractivity contribution < 1.29 is 27.8 Å². The summed E-state index contributed by atoms with van der Waals surface area (Å²) >= 11 is 0. The first-order valence-corrected chi connectivity index (χ1v) is 11.0. The first-order chi connectivity index (χ1) is 13.4. The molecular formula is C19H30N2O6S. The predicted molar refractivity (Wildman–Crippen MR) is 105 cm³/mol. The van der Waals surface area contributed by atoms with Crippen molar-refractivity contribution in [3.8, 4) is 11.5 Å². The zero-order valence-electron chi connectivity index (χ0n) is 16.5. The Morgan fingerprint density at radius 2 is 1.86 bits per heavy atom. The van der Waals surface area contributed by atoms with Crippen LogP contribution in [0.15, 0.2) is 23.1 Å². The first-order valence-electron chi connectivity index (χ1n) is 9.55. The Kier molecular flexibility index (Phi) is 8.53. The number of benzene rings is 1. The number of methoxy groups -OCH3 is 2. The molecule has 9 heteroatoms. The van der Waals surface area contributed by atoms with Crippen LogP contribution in [0.2, 0.25) is 0 Å². The molecule has 0 saturated heterocycles. The third kappa shape index (κ3) is 5.59. The van der Waals surface area contributed by atoms with E-state index in [2.05, 4.69) is 5.32 Å². The molecule has 28 heavy (non-hydrogen) atoms. The Bertz CT molecular complexity index is 747. The molecular weight excluding hydrogens is 384 g/mol. The molecule has 1 saturated carbocycles. The van der Waals surface area contributed by atoms with E-state index in [1.165, 1.54) is 30.7 Å². The summed E-state index contributed by atoms with van der Waals surface area (Å²) in [6, 6.07) is 4.23. The molecule has 1 aliphatic rings. The molecule has 1 aromatic carbocycles. The summed E-state index contributed by atoms with van der Waals surface area (Å²) in [6.45, 7) is 0.0353. The standard InChI is InChI=1S/C19H30N2O6S/c1-26-17-10-9-16(13-18(17)27-2)28(24,25)21(15-7-4-3-5-8-15)14-19(23)20-11-6-12-22/h9-10,13,15,22H,3-8,11-12,14H2,1-2H3,(H,20,23). The van der Waals surface area contributed by atoms with E-state index in [1.807, 2.05) is 0 Å². The van der Waals surface area contributed by atoms with Crippen LogP contribution in [0, 0.1) is 0 Å². The van der Waals surface area contributed by atoms with Gasteiger partial charge in [0.05, 0.1) is 25.7 Å². The summed E-state index contributed by atoms with van der Waals surface area (Å²) in [5, 5.41) is 11.5. The molecule has 2 rings (SSSR count). The Labute approximate surface area is 166 Å². The monoisotopic (exact) mass is 414 g/mol. The number of amides is 1. The van der Waals surface area contributed by atoms with E-state index in [0.29, 0.717) is 24.5 Å². The third-order valence-corrected chi connectivity index (χ3v) is 6.79. The second-order valence-corrected chi connectivity index (χ2v) is 8.68. The van der Waals surface area contributed by atoms with Crippen LogP contribution in [-0.4, -0.2) is 63.7 Å². The van der Waals surface area contributed by atoms with E-state index in [9.17, 15) is 13.2 Å². The maximum atomic E-state index is 13.4. The maximum absolute atomic E-state index is 13.4. The van der Waals surface area contributed by atoms with Gasteiger partial charge in [0.1, 0.15) is 0 Å². The molecule has 2 N–H and O–H groups in total. The van der Waals surface area contributed by atoms with Crippen LogP contribution in [0.4, 0.5) is 0 Å². The molecule has 0 radical (unpaired) electrons. The SMILES string of the molecule is COc1ccc(S(=O)(=O)N(CC(=O)NCCCO)C2CCCCC2)cc1OC. The van der Waals surface area contributed by atoms with Crippen molar-refractivity contribution in [2.75, 3.05) is 33.9 Å². The number of carbonyl (C=O) groups excluding carboxylic acids is 1. The molecule has 0 bridgehead atoms. The molecule has 0 spiro atoms. The lowest BCUT2D eigenvalue weighted by atomic mass is 9.95. The lowest BCUT2D eigenvalue weighted by Crippen LogP contribution is -2.47. The van der Waals surface area contributed by atoms with Gasteiger partial charge >= 0.3 is 0 Å². The van der Waals surface area contributed by atoms with Crippen LogP contribution in [-0.2, 0) is 14.8 Å². The highest BCUT2D eigenvalue weighted by molar-refractivity contribution is 7.89. The van der Waals surface area contributed by atoms with Crippen molar-refractivity contribution in [3.05, 3.63) is 18.2 Å². The summed E-state index contributed by atoms with van der Waals surface area (Å²) in [5.41, 5.74) is 0. The van der Waals surface area contributed by atoms with Gasteiger partial charge in [0.25, 0.3) is 0 Å². The van der Waals surface area contributed by atoms with Crippen molar-refractivity contribution in [3.63, 3.8) is 0 Å². The number of nitrogens with zero attached hydrogens (tertiary/aromatic N) is 1. The predicted octanol–water partition coefficient (Wildman–Crippen LogP) is 1.53. The Balaban J connectivity index is 2.30. The van der Waals surface area contributed by atoms with E-state index >= 15 is 0 Å². The van der Waals surface area contributed by atoms with E-state index in [0.717, 1.165) is 32.1 Å². The quantitative estimate of drug-likeness (QED) is 0.563. The average Bonchev–Trinajstić information content (AvgIpc) is 2.72. The molecule has 0 atom stereocenters. The van der Waals surface area contributed by atoms with Gasteiger partial charge < -0.3 is 19.9 Å². The molecule has 0 unspecified atom stereocenters. The maximum Gasteiger partial charge on any atom is 0.243 e. The molecule has 158 valence electrons. The van der Waals surface area contributed by atoms with Gasteiger partial charge in [0.2, 0.25) is 15.9 Å². The number of aliphatic hydroxyl groups excluding tert-OH is 1. The second-order valence-electron chi connectivity index (χ2n) is 6.79. The number of carbonyl (C=O) groups is 1. The van der Waals surface area contributed by atoms with Crippen molar-refractivity contribution in [2.24, 2.45) is 0 Å². The molecule has 1 fully saturated rings. The Hall–Kier alpha value is -1.84.